The summed E-state index contributed by atoms with van der Waals surface area (Å²) in [5.74, 6) is -0.733. The Morgan fingerprint density at radius 1 is 1.19 bits per heavy atom. The van der Waals surface area contributed by atoms with Crippen molar-refractivity contribution in [3.8, 4) is 5.75 Å². The molecule has 2 aromatic rings. The van der Waals surface area contributed by atoms with Gasteiger partial charge in [-0.15, -0.1) is 0 Å². The summed E-state index contributed by atoms with van der Waals surface area (Å²) in [4.78, 5) is 33.6. The number of aliphatic hydroxyl groups excluding tert-OH is 1. The predicted octanol–water partition coefficient (Wildman–Crippen LogP) is 3.55. The maximum Gasteiger partial charge on any atom is 0.295 e. The SMILES string of the molecule is Cc1cc(C(O)=C2C(=O)C(=O)N(CCCN(C)C)[C@H]2c2ccncc2)ccc1OC(C)C. The van der Waals surface area contributed by atoms with Gasteiger partial charge in [-0.3, -0.25) is 14.6 Å². The first-order valence-corrected chi connectivity index (χ1v) is 10.8. The van der Waals surface area contributed by atoms with Crippen LogP contribution >= 0.6 is 0 Å². The Bertz CT molecular complexity index is 1020. The van der Waals surface area contributed by atoms with Crippen LogP contribution in [0.1, 0.15) is 43.0 Å². The fourth-order valence-electron chi connectivity index (χ4n) is 3.90. The molecule has 3 rings (SSSR count). The monoisotopic (exact) mass is 437 g/mol. The summed E-state index contributed by atoms with van der Waals surface area (Å²) in [5.41, 5.74) is 2.15. The summed E-state index contributed by atoms with van der Waals surface area (Å²) in [6, 6.07) is 8.14. The third kappa shape index (κ3) is 4.99. The third-order valence-corrected chi connectivity index (χ3v) is 5.38. The van der Waals surface area contributed by atoms with Crippen molar-refractivity contribution in [1.82, 2.24) is 14.8 Å². The van der Waals surface area contributed by atoms with Gasteiger partial charge in [-0.05, 0) is 89.3 Å². The van der Waals surface area contributed by atoms with E-state index in [9.17, 15) is 14.7 Å². The highest BCUT2D eigenvalue weighted by atomic mass is 16.5. The molecule has 0 bridgehead atoms. The number of carbonyl (C=O) groups is 2. The van der Waals surface area contributed by atoms with Crippen molar-refractivity contribution in [2.75, 3.05) is 27.2 Å². The van der Waals surface area contributed by atoms with E-state index in [1.807, 2.05) is 39.8 Å². The van der Waals surface area contributed by atoms with Crippen LogP contribution in [0.5, 0.6) is 5.75 Å². The van der Waals surface area contributed by atoms with Crippen molar-refractivity contribution in [3.05, 3.63) is 65.0 Å². The molecule has 0 radical (unpaired) electrons. The van der Waals surface area contributed by atoms with E-state index in [4.69, 9.17) is 4.74 Å². The Balaban J connectivity index is 2.05. The Morgan fingerprint density at radius 3 is 2.47 bits per heavy atom. The summed E-state index contributed by atoms with van der Waals surface area (Å²) in [7, 11) is 3.92. The lowest BCUT2D eigenvalue weighted by atomic mass is 9.95. The molecule has 32 heavy (non-hydrogen) atoms. The molecule has 170 valence electrons. The minimum atomic E-state index is -0.672. The predicted molar refractivity (Wildman–Crippen MR) is 123 cm³/mol. The number of nitrogens with zero attached hydrogens (tertiary/aromatic N) is 3. The van der Waals surface area contributed by atoms with Gasteiger partial charge in [-0.2, -0.15) is 0 Å². The average Bonchev–Trinajstić information content (AvgIpc) is 2.99. The molecule has 0 saturated carbocycles. The van der Waals surface area contributed by atoms with E-state index in [0.29, 0.717) is 24.3 Å². The fraction of sp³-hybridized carbons (Fsp3) is 0.400. The number of benzene rings is 1. The van der Waals surface area contributed by atoms with Crippen LogP contribution in [0, 0.1) is 6.92 Å². The van der Waals surface area contributed by atoms with Crippen LogP contribution in [-0.2, 0) is 9.59 Å². The van der Waals surface area contributed by atoms with Gasteiger partial charge in [0.2, 0.25) is 0 Å². The van der Waals surface area contributed by atoms with E-state index in [-0.39, 0.29) is 17.4 Å². The molecule has 0 spiro atoms. The number of ketones is 1. The number of aliphatic hydroxyl groups is 1. The number of ether oxygens (including phenoxy) is 1. The van der Waals surface area contributed by atoms with Crippen LogP contribution in [-0.4, -0.2) is 64.9 Å². The maximum absolute atomic E-state index is 13.0. The molecule has 1 N–H and O–H groups in total. The van der Waals surface area contributed by atoms with Gasteiger partial charge in [-0.25, -0.2) is 0 Å². The van der Waals surface area contributed by atoms with Gasteiger partial charge in [0.15, 0.2) is 0 Å². The topological polar surface area (TPSA) is 83.0 Å². The van der Waals surface area contributed by atoms with Gasteiger partial charge in [-0.1, -0.05) is 0 Å². The molecule has 1 saturated heterocycles. The minimum absolute atomic E-state index is 0.0207. The molecule has 2 heterocycles. The highest BCUT2D eigenvalue weighted by Gasteiger charge is 2.45. The number of carbonyl (C=O) groups excluding carboxylic acids is 2. The van der Waals surface area contributed by atoms with E-state index < -0.39 is 17.7 Å². The van der Waals surface area contributed by atoms with Gasteiger partial charge in [0.05, 0.1) is 17.7 Å². The Kier molecular flexibility index (Phi) is 7.30. The molecule has 1 aromatic heterocycles. The molecule has 1 aliphatic heterocycles. The number of amides is 1. The Morgan fingerprint density at radius 2 is 1.88 bits per heavy atom. The lowest BCUT2D eigenvalue weighted by molar-refractivity contribution is -0.139. The van der Waals surface area contributed by atoms with Crippen LogP contribution in [0.4, 0.5) is 0 Å². The lowest BCUT2D eigenvalue weighted by Gasteiger charge is -2.25. The van der Waals surface area contributed by atoms with Crippen LogP contribution in [0.2, 0.25) is 0 Å². The second-order valence-electron chi connectivity index (χ2n) is 8.58. The average molecular weight is 438 g/mol. The maximum atomic E-state index is 13.0. The summed E-state index contributed by atoms with van der Waals surface area (Å²) in [5, 5.41) is 11.2. The number of aromatic nitrogens is 1. The molecule has 1 atom stereocenters. The Labute approximate surface area is 189 Å². The van der Waals surface area contributed by atoms with Crippen molar-refractivity contribution in [1.29, 1.82) is 0 Å². The smallest absolute Gasteiger partial charge is 0.295 e. The standard InChI is InChI=1S/C25H31N3O4/c1-16(2)32-20-8-7-19(15-17(20)3)23(29)21-22(18-9-11-26-12-10-18)28(25(31)24(21)30)14-6-13-27(4)5/h7-12,15-16,22,29H,6,13-14H2,1-5H3/t22-/m0/s1. The van der Waals surface area contributed by atoms with Crippen molar-refractivity contribution >= 4 is 17.4 Å². The van der Waals surface area contributed by atoms with Gasteiger partial charge < -0.3 is 19.6 Å². The van der Waals surface area contributed by atoms with Crippen LogP contribution in [0.15, 0.2) is 48.3 Å². The fourth-order valence-corrected chi connectivity index (χ4v) is 3.90. The largest absolute Gasteiger partial charge is 0.507 e. The van der Waals surface area contributed by atoms with Gasteiger partial charge in [0, 0.05) is 24.5 Å². The number of pyridine rings is 1. The molecule has 0 unspecified atom stereocenters. The van der Waals surface area contributed by atoms with Crippen molar-refractivity contribution in [3.63, 3.8) is 0 Å². The molecule has 0 aliphatic carbocycles. The van der Waals surface area contributed by atoms with Crippen LogP contribution in [0.3, 0.4) is 0 Å². The molecular formula is C25H31N3O4. The number of rotatable bonds is 8. The number of aryl methyl sites for hydroxylation is 1. The number of hydrogen-bond acceptors (Lipinski definition) is 6. The zero-order chi connectivity index (χ0) is 23.4. The zero-order valence-electron chi connectivity index (χ0n) is 19.3. The highest BCUT2D eigenvalue weighted by Crippen LogP contribution is 2.39. The van der Waals surface area contributed by atoms with Gasteiger partial charge in [0.25, 0.3) is 11.7 Å². The van der Waals surface area contributed by atoms with Crippen molar-refractivity contribution < 1.29 is 19.4 Å². The summed E-state index contributed by atoms with van der Waals surface area (Å²) in [6.07, 6.45) is 3.98. The first kappa shape index (κ1) is 23.5. The highest BCUT2D eigenvalue weighted by molar-refractivity contribution is 6.46. The number of hydrogen-bond donors (Lipinski definition) is 1. The van der Waals surface area contributed by atoms with Crippen molar-refractivity contribution in [2.45, 2.75) is 39.3 Å². The van der Waals surface area contributed by atoms with Gasteiger partial charge in [0.1, 0.15) is 11.5 Å². The molecular weight excluding hydrogens is 406 g/mol. The minimum Gasteiger partial charge on any atom is -0.507 e. The van der Waals surface area contributed by atoms with E-state index in [1.165, 1.54) is 0 Å². The molecule has 1 amide bonds. The third-order valence-electron chi connectivity index (χ3n) is 5.38. The molecule has 1 fully saturated rings. The van der Waals surface area contributed by atoms with E-state index in [1.54, 1.807) is 47.6 Å². The van der Waals surface area contributed by atoms with Crippen molar-refractivity contribution in [2.24, 2.45) is 0 Å². The summed E-state index contributed by atoms with van der Waals surface area (Å²) in [6.45, 7) is 6.96. The second-order valence-corrected chi connectivity index (χ2v) is 8.58. The lowest BCUT2D eigenvalue weighted by Crippen LogP contribution is -2.32. The number of Topliss-reactive ketones (excluding diaryl/α,β-unsaturated/α-hetero) is 1. The quantitative estimate of drug-likeness (QED) is 0.386. The molecule has 7 heteroatoms. The zero-order valence-corrected chi connectivity index (χ0v) is 19.3. The van der Waals surface area contributed by atoms with E-state index in [0.717, 1.165) is 17.7 Å². The number of likely N-dealkylation sites (tertiary alicyclic amines) is 1. The van der Waals surface area contributed by atoms with Gasteiger partial charge >= 0.3 is 0 Å². The Hall–Kier alpha value is -3.19. The molecule has 7 nitrogen and oxygen atoms in total. The molecule has 1 aromatic carbocycles. The molecule has 1 aliphatic rings. The van der Waals surface area contributed by atoms with Crippen LogP contribution < -0.4 is 4.74 Å². The normalized spacial score (nSPS) is 18.1. The van der Waals surface area contributed by atoms with E-state index >= 15 is 0 Å². The van der Waals surface area contributed by atoms with E-state index in [2.05, 4.69) is 4.98 Å². The summed E-state index contributed by atoms with van der Waals surface area (Å²) >= 11 is 0. The first-order chi connectivity index (χ1) is 15.2. The second kappa shape index (κ2) is 9.96. The first-order valence-electron chi connectivity index (χ1n) is 10.8. The summed E-state index contributed by atoms with van der Waals surface area (Å²) < 4.78 is 5.78. The van der Waals surface area contributed by atoms with Crippen LogP contribution in [0.25, 0.3) is 5.76 Å².